The highest BCUT2D eigenvalue weighted by atomic mass is 16.7. The summed E-state index contributed by atoms with van der Waals surface area (Å²) in [4.78, 5) is 125. The van der Waals surface area contributed by atoms with Crippen molar-refractivity contribution in [2.24, 2.45) is 0 Å². The molecule has 1 N–H and O–H groups in total. The summed E-state index contributed by atoms with van der Waals surface area (Å²) >= 11 is 0. The Morgan fingerprint density at radius 3 is 1.98 bits per heavy atom. The molecule has 28 nitrogen and oxygen atoms in total. The first-order valence-corrected chi connectivity index (χ1v) is 31.8. The molecule has 3 aromatic carbocycles. The number of esters is 4. The molecule has 5 aliphatic rings. The first-order valence-electron chi connectivity index (χ1n) is 31.8. The molecule has 1 saturated carbocycles. The van der Waals surface area contributed by atoms with Crippen LogP contribution in [0.25, 0.3) is 10.9 Å². The number of rotatable bonds is 22. The van der Waals surface area contributed by atoms with E-state index in [9.17, 15) is 38.4 Å². The number of fused-ring (bicyclic) bond motifs is 1. The van der Waals surface area contributed by atoms with Crippen LogP contribution in [0.15, 0.2) is 84.8 Å². The van der Waals surface area contributed by atoms with Gasteiger partial charge in [0.05, 0.1) is 37.6 Å². The highest BCUT2D eigenvalue weighted by Crippen LogP contribution is 2.44. The van der Waals surface area contributed by atoms with Crippen LogP contribution in [0, 0.1) is 0 Å². The van der Waals surface area contributed by atoms with Crippen molar-refractivity contribution >= 4 is 70.6 Å². The Kier molecular flexibility index (Phi) is 22.3. The zero-order valence-electron chi connectivity index (χ0n) is 56.0. The number of hydrogen-bond donors (Lipinski definition) is 1. The Morgan fingerprint density at radius 1 is 0.758 bits per heavy atom. The van der Waals surface area contributed by atoms with E-state index in [4.69, 9.17) is 62.1 Å². The second-order valence-electron chi connectivity index (χ2n) is 25.7. The van der Waals surface area contributed by atoms with Crippen LogP contribution in [0.3, 0.4) is 0 Å². The van der Waals surface area contributed by atoms with Crippen LogP contribution in [-0.2, 0) is 83.5 Å². The van der Waals surface area contributed by atoms with Crippen molar-refractivity contribution in [1.82, 2.24) is 34.9 Å². The molecule has 3 saturated heterocycles. The van der Waals surface area contributed by atoms with E-state index in [-0.39, 0.29) is 56.3 Å². The summed E-state index contributed by atoms with van der Waals surface area (Å²) in [7, 11) is 7.39. The number of methoxy groups -OCH3 is 2. The van der Waals surface area contributed by atoms with Gasteiger partial charge in [-0.2, -0.15) is 0 Å². The number of amides is 4. The molecule has 1 aliphatic carbocycles. The van der Waals surface area contributed by atoms with Crippen LogP contribution < -0.4 is 19.9 Å². The van der Waals surface area contributed by atoms with Gasteiger partial charge in [0.1, 0.15) is 31.2 Å². The SMILES string of the molecule is COC(=O)C1OC(Oc2ccc(COC(=O)N(C)CCN(C)C(=O)OCC(OC3CC3)(c3ccccc3)c3nc(N4CCC(N5CCC(C)(NC(=O)OC(C)(C)C)CC5)CC4)nc4ccc(N5CN(C)C(=O)C=C5OC)cc34)cc2)C(OC(C)=O)C(OC(C)=O)C1OC(C)=O. The number of benzene rings is 3. The van der Waals surface area contributed by atoms with E-state index in [1.54, 1.807) is 31.1 Å². The van der Waals surface area contributed by atoms with Gasteiger partial charge in [0.15, 0.2) is 23.9 Å². The number of nitrogens with zero attached hydrogens (tertiary/aromatic N) is 8. The lowest BCUT2D eigenvalue weighted by Crippen LogP contribution is -2.64. The Labute approximate surface area is 552 Å². The number of alkyl carbamates (subject to hydrolysis) is 1. The quantitative estimate of drug-likeness (QED) is 0.0646. The van der Waals surface area contributed by atoms with Crippen molar-refractivity contribution in [1.29, 1.82) is 0 Å². The summed E-state index contributed by atoms with van der Waals surface area (Å²) in [6.45, 7) is 13.6. The maximum Gasteiger partial charge on any atom is 0.409 e. The zero-order valence-corrected chi connectivity index (χ0v) is 56.0. The fraction of sp³-hybridized carbons (Fsp3) is 0.552. The number of hydrogen-bond acceptors (Lipinski definition) is 24. The van der Waals surface area contributed by atoms with E-state index in [1.807, 2.05) is 74.2 Å². The maximum atomic E-state index is 14.4. The Balaban J connectivity index is 0.893. The molecule has 5 heterocycles. The van der Waals surface area contributed by atoms with Gasteiger partial charge in [-0.3, -0.25) is 24.1 Å². The van der Waals surface area contributed by atoms with Crippen molar-refractivity contribution in [3.8, 4) is 5.75 Å². The van der Waals surface area contributed by atoms with Gasteiger partial charge >= 0.3 is 42.2 Å². The van der Waals surface area contributed by atoms with E-state index < -0.39 is 84.1 Å². The van der Waals surface area contributed by atoms with Crippen molar-refractivity contribution in [3.63, 3.8) is 0 Å². The molecule has 4 aliphatic heterocycles. The largest absolute Gasteiger partial charge is 0.482 e. The molecule has 0 radical (unpaired) electrons. The molecule has 514 valence electrons. The molecule has 95 heavy (non-hydrogen) atoms. The molecule has 4 amide bonds. The minimum atomic E-state index is -1.66. The van der Waals surface area contributed by atoms with Crippen LogP contribution >= 0.6 is 0 Å². The third-order valence-corrected chi connectivity index (χ3v) is 17.1. The van der Waals surface area contributed by atoms with Crippen molar-refractivity contribution in [2.45, 2.75) is 153 Å². The molecule has 28 heteroatoms. The number of carbonyl (C=O) groups excluding carboxylic acids is 8. The van der Waals surface area contributed by atoms with Gasteiger partial charge in [0, 0.05) is 104 Å². The number of anilines is 2. The average molecular weight is 1320 g/mol. The van der Waals surface area contributed by atoms with Gasteiger partial charge < -0.3 is 81.9 Å². The monoisotopic (exact) mass is 1320 g/mol. The Bertz CT molecular complexity index is 3460. The maximum absolute atomic E-state index is 14.4. The number of ether oxygens (including phenoxy) is 11. The number of likely N-dealkylation sites (N-methyl/N-ethyl adjacent to an activating group) is 3. The summed E-state index contributed by atoms with van der Waals surface area (Å²) < 4.78 is 63.6. The fourth-order valence-electron chi connectivity index (χ4n) is 11.8. The third-order valence-electron chi connectivity index (χ3n) is 17.1. The number of likely N-dealkylation sites (tertiary alicyclic amines) is 1. The Morgan fingerprint density at radius 2 is 1.38 bits per heavy atom. The van der Waals surface area contributed by atoms with Gasteiger partial charge in [-0.25, -0.2) is 29.1 Å². The first-order chi connectivity index (χ1) is 45.1. The van der Waals surface area contributed by atoms with E-state index in [2.05, 4.69) is 22.0 Å². The van der Waals surface area contributed by atoms with Crippen molar-refractivity contribution in [3.05, 3.63) is 102 Å². The topological polar surface area (TPSA) is 295 Å². The highest BCUT2D eigenvalue weighted by molar-refractivity contribution is 5.92. The first kappa shape index (κ1) is 70.3. The molecular weight excluding hydrogens is 1230 g/mol. The molecule has 1 aromatic heterocycles. The van der Waals surface area contributed by atoms with Gasteiger partial charge in [-0.15, -0.1) is 0 Å². The lowest BCUT2D eigenvalue weighted by atomic mass is 9.87. The second-order valence-corrected chi connectivity index (χ2v) is 25.7. The lowest BCUT2D eigenvalue weighted by Gasteiger charge is -2.45. The third kappa shape index (κ3) is 17.7. The molecule has 9 rings (SSSR count). The fourth-order valence-corrected chi connectivity index (χ4v) is 11.8. The number of nitrogens with one attached hydrogen (secondary N) is 1. The highest BCUT2D eigenvalue weighted by Gasteiger charge is 2.56. The van der Waals surface area contributed by atoms with Crippen molar-refractivity contribution < 1.29 is 90.5 Å². The average Bonchev–Trinajstić information content (AvgIpc) is 1.66. The predicted octanol–water partition coefficient (Wildman–Crippen LogP) is 6.53. The van der Waals surface area contributed by atoms with E-state index >= 15 is 0 Å². The standard InChI is InChI=1S/C67H87N9O19/c1-41(77)89-54-55(90-42(2)78)57(91-43(3)79)60(93-56(54)59(81)86-12)92-48-21-18-44(19-22-48)38-87-63(83)71(8)34-35-72(9)64(84)88-39-67(94-49-23-24-49,45-16-14-13-15-17-45)58-50-36-47(76-40-73(10)52(80)37-53(76)85-11)20-25-51(50)68-61(69-58)75-30-26-46(27-31-75)74-32-28-66(7,29-33-74)70-62(82)95-65(4,5)6/h13-22,25,36-37,46,49,54-57,60H,23-24,26-35,38-40H2,1-12H3,(H,70,82). The van der Waals surface area contributed by atoms with Crippen LogP contribution in [0.4, 0.5) is 26.0 Å². The van der Waals surface area contributed by atoms with Crippen molar-refractivity contribution in [2.75, 3.05) is 97.7 Å². The molecule has 0 spiro atoms. The minimum absolute atomic E-state index is 0.0361. The van der Waals surface area contributed by atoms with Gasteiger partial charge in [-0.05, 0) is 108 Å². The summed E-state index contributed by atoms with van der Waals surface area (Å²) in [5, 5.41) is 3.75. The Hall–Kier alpha value is -9.02. The normalized spacial score (nSPS) is 21.4. The summed E-state index contributed by atoms with van der Waals surface area (Å²) in [5.41, 5.74) is 0.520. The molecule has 4 aromatic rings. The number of piperidine rings is 2. The summed E-state index contributed by atoms with van der Waals surface area (Å²) in [5.74, 6) is -2.73. The van der Waals surface area contributed by atoms with Gasteiger partial charge in [-0.1, -0.05) is 42.5 Å². The van der Waals surface area contributed by atoms with Crippen LogP contribution in [0.5, 0.6) is 5.75 Å². The summed E-state index contributed by atoms with van der Waals surface area (Å²) in [6.07, 6.45) is -3.67. The second kappa shape index (κ2) is 30.2. The zero-order chi connectivity index (χ0) is 68.5. The molecule has 6 atom stereocenters. The lowest BCUT2D eigenvalue weighted by molar-refractivity contribution is -0.282. The molecular formula is C67H87N9O19. The van der Waals surface area contributed by atoms with Crippen LogP contribution in [-0.4, -0.2) is 220 Å². The van der Waals surface area contributed by atoms with E-state index in [0.717, 1.165) is 79.5 Å². The van der Waals surface area contributed by atoms with E-state index in [0.29, 0.717) is 64.4 Å². The number of carbonyl (C=O) groups is 8. The molecule has 0 bridgehead atoms. The number of aromatic nitrogens is 2. The summed E-state index contributed by atoms with van der Waals surface area (Å²) in [6, 6.07) is 21.8. The van der Waals surface area contributed by atoms with Gasteiger partial charge in [0.25, 0.3) is 5.91 Å². The molecule has 4 fully saturated rings. The molecule has 6 unspecified atom stereocenters. The predicted molar refractivity (Wildman–Crippen MR) is 341 cm³/mol. The smallest absolute Gasteiger partial charge is 0.409 e. The minimum Gasteiger partial charge on any atom is -0.482 e. The van der Waals surface area contributed by atoms with Crippen LogP contribution in [0.2, 0.25) is 0 Å². The van der Waals surface area contributed by atoms with E-state index in [1.165, 1.54) is 42.2 Å². The van der Waals surface area contributed by atoms with Gasteiger partial charge in [0.2, 0.25) is 24.2 Å². The van der Waals surface area contributed by atoms with Crippen LogP contribution in [0.1, 0.15) is 104 Å².